The van der Waals surface area contributed by atoms with Gasteiger partial charge in [0.15, 0.2) is 0 Å². The number of fused-ring (bicyclic) bond motifs is 5. The maximum absolute atomic E-state index is 13.1. The summed E-state index contributed by atoms with van der Waals surface area (Å²) in [6.07, 6.45) is 1.16. The van der Waals surface area contributed by atoms with Gasteiger partial charge >= 0.3 is 0 Å². The topological polar surface area (TPSA) is 108 Å². The molecule has 2 aromatic carbocycles. The van der Waals surface area contributed by atoms with Crippen LogP contribution >= 0.6 is 0 Å². The summed E-state index contributed by atoms with van der Waals surface area (Å²) < 4.78 is 12.4. The maximum Gasteiger partial charge on any atom is 0.254 e. The van der Waals surface area contributed by atoms with E-state index >= 15 is 0 Å². The van der Waals surface area contributed by atoms with Gasteiger partial charge in [-0.1, -0.05) is 18.2 Å². The fraction of sp³-hybridized carbons (Fsp3) is 0.448. The van der Waals surface area contributed by atoms with E-state index in [2.05, 4.69) is 5.32 Å². The van der Waals surface area contributed by atoms with E-state index < -0.39 is 12.1 Å². The van der Waals surface area contributed by atoms with Crippen molar-refractivity contribution in [1.82, 2.24) is 20.0 Å². The van der Waals surface area contributed by atoms with E-state index in [1.165, 1.54) is 4.90 Å². The lowest BCUT2D eigenvalue weighted by Crippen LogP contribution is -2.48. The van der Waals surface area contributed by atoms with Crippen molar-refractivity contribution in [1.29, 1.82) is 0 Å². The van der Waals surface area contributed by atoms with E-state index in [0.717, 1.165) is 17.5 Å². The van der Waals surface area contributed by atoms with Gasteiger partial charge in [-0.25, -0.2) is 0 Å². The normalized spacial score (nSPS) is 22.0. The van der Waals surface area contributed by atoms with Gasteiger partial charge in [-0.05, 0) is 48.7 Å². The van der Waals surface area contributed by atoms with Crippen LogP contribution in [0.3, 0.4) is 0 Å². The highest BCUT2D eigenvalue weighted by Gasteiger charge is 2.37. The van der Waals surface area contributed by atoms with Crippen molar-refractivity contribution in [3.05, 3.63) is 59.2 Å². The Morgan fingerprint density at radius 3 is 2.74 bits per heavy atom. The van der Waals surface area contributed by atoms with E-state index in [9.17, 15) is 19.2 Å². The molecule has 0 aromatic heterocycles. The van der Waals surface area contributed by atoms with Gasteiger partial charge < -0.3 is 29.5 Å². The molecule has 0 aliphatic carbocycles. The first-order chi connectivity index (χ1) is 18.8. The lowest BCUT2D eigenvalue weighted by molar-refractivity contribution is -0.132. The summed E-state index contributed by atoms with van der Waals surface area (Å²) in [5, 5.41) is 2.98. The van der Waals surface area contributed by atoms with Crippen molar-refractivity contribution in [2.75, 3.05) is 39.8 Å². The Morgan fingerprint density at radius 2 is 1.95 bits per heavy atom. The van der Waals surface area contributed by atoms with Crippen LogP contribution in [0.2, 0.25) is 0 Å². The molecule has 4 bridgehead atoms. The highest BCUT2D eigenvalue weighted by molar-refractivity contribution is 5.96. The number of likely N-dealkylation sites (tertiary alicyclic amines) is 2. The molecule has 3 aliphatic rings. The quantitative estimate of drug-likeness (QED) is 0.646. The van der Waals surface area contributed by atoms with Crippen molar-refractivity contribution < 1.29 is 28.7 Å². The Kier molecular flexibility index (Phi) is 7.83. The molecule has 2 saturated heterocycles. The van der Waals surface area contributed by atoms with E-state index in [1.807, 2.05) is 37.3 Å². The molecule has 206 valence electrons. The third kappa shape index (κ3) is 6.22. The van der Waals surface area contributed by atoms with Crippen LogP contribution in [-0.2, 0) is 25.7 Å². The molecule has 2 aromatic rings. The molecule has 0 spiro atoms. The first-order valence-electron chi connectivity index (χ1n) is 13.4. The molecule has 1 N–H and O–H groups in total. The minimum atomic E-state index is -0.434. The van der Waals surface area contributed by atoms with Crippen molar-refractivity contribution in [3.8, 4) is 11.5 Å². The molecule has 4 amide bonds. The fourth-order valence-corrected chi connectivity index (χ4v) is 5.25. The number of rotatable bonds is 3. The number of nitrogens with zero attached hydrogens (tertiary/aromatic N) is 3. The number of likely N-dealkylation sites (N-methyl/N-ethyl adjacent to an activating group) is 1. The maximum atomic E-state index is 13.1. The van der Waals surface area contributed by atoms with Crippen LogP contribution in [-0.4, -0.2) is 90.2 Å². The monoisotopic (exact) mass is 534 g/mol. The number of carbonyl (C=O) groups is 4. The highest BCUT2D eigenvalue weighted by Crippen LogP contribution is 2.28. The molecule has 10 nitrogen and oxygen atoms in total. The standard InChI is InChI=1S/C29H34N4O6/c1-19-8-9-21-14-24(19)39-22-6-3-5-20(13-22)18-38-25-16-33(28(36)10-12-32-11-4-7-27(32)35)15-23(25)30-26(34)17-31(2)29(21)37/h3,5-6,8-9,13-14,23,25H,4,7,10-12,15-18H2,1-2H3,(H,30,34)/t23-,25-/m0/s1. The third-order valence-electron chi connectivity index (χ3n) is 7.49. The Hall–Kier alpha value is -3.92. The number of hydrogen-bond acceptors (Lipinski definition) is 6. The van der Waals surface area contributed by atoms with Crippen LogP contribution in [0, 0.1) is 6.92 Å². The highest BCUT2D eigenvalue weighted by atomic mass is 16.5. The molecule has 10 heteroatoms. The van der Waals surface area contributed by atoms with Gasteiger partial charge in [0.1, 0.15) is 11.5 Å². The van der Waals surface area contributed by atoms with Crippen molar-refractivity contribution in [2.45, 2.75) is 44.9 Å². The smallest absolute Gasteiger partial charge is 0.254 e. The van der Waals surface area contributed by atoms with E-state index in [0.29, 0.717) is 49.7 Å². The Morgan fingerprint density at radius 1 is 1.10 bits per heavy atom. The molecule has 2 fully saturated rings. The van der Waals surface area contributed by atoms with Gasteiger partial charge in [0, 0.05) is 51.6 Å². The first-order valence-corrected chi connectivity index (χ1v) is 13.4. The number of carbonyl (C=O) groups excluding carboxylic acids is 4. The molecule has 0 unspecified atom stereocenters. The number of hydrogen-bond donors (Lipinski definition) is 1. The lowest BCUT2D eigenvalue weighted by atomic mass is 10.1. The molecule has 5 rings (SSSR count). The van der Waals surface area contributed by atoms with Crippen molar-refractivity contribution >= 4 is 23.6 Å². The van der Waals surface area contributed by atoms with Gasteiger partial charge in [-0.3, -0.25) is 19.2 Å². The summed E-state index contributed by atoms with van der Waals surface area (Å²) in [7, 11) is 1.58. The van der Waals surface area contributed by atoms with Crippen molar-refractivity contribution in [3.63, 3.8) is 0 Å². The van der Waals surface area contributed by atoms with Crippen LogP contribution < -0.4 is 10.1 Å². The average Bonchev–Trinajstić information content (AvgIpc) is 3.52. The molecule has 2 atom stereocenters. The molecular formula is C29H34N4O6. The Labute approximate surface area is 227 Å². The molecule has 0 saturated carbocycles. The summed E-state index contributed by atoms with van der Waals surface area (Å²) in [4.78, 5) is 55.8. The number of ether oxygens (including phenoxy) is 2. The zero-order valence-electron chi connectivity index (χ0n) is 22.4. The van der Waals surface area contributed by atoms with Crippen LogP contribution in [0.15, 0.2) is 42.5 Å². The minimum absolute atomic E-state index is 0.0803. The second kappa shape index (κ2) is 11.4. The lowest BCUT2D eigenvalue weighted by Gasteiger charge is -2.23. The minimum Gasteiger partial charge on any atom is -0.457 e. The summed E-state index contributed by atoms with van der Waals surface area (Å²) in [5.74, 6) is 0.551. The van der Waals surface area contributed by atoms with Gasteiger partial charge in [0.05, 0.1) is 25.3 Å². The zero-order valence-corrected chi connectivity index (χ0v) is 22.4. The van der Waals surface area contributed by atoms with Gasteiger partial charge in [0.25, 0.3) is 5.91 Å². The van der Waals surface area contributed by atoms with E-state index in [4.69, 9.17) is 9.47 Å². The van der Waals surface area contributed by atoms with Crippen LogP contribution in [0.1, 0.15) is 40.7 Å². The summed E-state index contributed by atoms with van der Waals surface area (Å²) in [6, 6.07) is 12.3. The zero-order chi connectivity index (χ0) is 27.5. The van der Waals surface area contributed by atoms with Crippen LogP contribution in [0.5, 0.6) is 11.5 Å². The molecule has 3 aliphatic heterocycles. The SMILES string of the molecule is Cc1ccc2cc1Oc1cccc(c1)CO[C@H]1CN(C(=O)CCN3CCCC3=O)C[C@@H]1NC(=O)CN(C)C2=O. The summed E-state index contributed by atoms with van der Waals surface area (Å²) >= 11 is 0. The molecule has 0 radical (unpaired) electrons. The Balaban J connectivity index is 1.34. The van der Waals surface area contributed by atoms with Crippen LogP contribution in [0.25, 0.3) is 0 Å². The van der Waals surface area contributed by atoms with Crippen molar-refractivity contribution in [2.24, 2.45) is 0 Å². The van der Waals surface area contributed by atoms with E-state index in [-0.39, 0.29) is 43.2 Å². The molecular weight excluding hydrogens is 500 g/mol. The van der Waals surface area contributed by atoms with E-state index in [1.54, 1.807) is 29.0 Å². The van der Waals surface area contributed by atoms with Gasteiger partial charge in [0.2, 0.25) is 17.7 Å². The summed E-state index contributed by atoms with van der Waals surface area (Å²) in [6.45, 7) is 3.75. The Bertz CT molecular complexity index is 1280. The predicted octanol–water partition coefficient (Wildman–Crippen LogP) is 2.10. The molecule has 3 heterocycles. The first kappa shape index (κ1) is 26.7. The van der Waals surface area contributed by atoms with Gasteiger partial charge in [-0.2, -0.15) is 0 Å². The summed E-state index contributed by atoms with van der Waals surface area (Å²) in [5.41, 5.74) is 2.18. The second-order valence-corrected chi connectivity index (χ2v) is 10.4. The van der Waals surface area contributed by atoms with Gasteiger partial charge in [-0.15, -0.1) is 0 Å². The number of aryl methyl sites for hydroxylation is 1. The average molecular weight is 535 g/mol. The fourth-order valence-electron chi connectivity index (χ4n) is 5.25. The number of benzene rings is 2. The predicted molar refractivity (Wildman–Crippen MR) is 142 cm³/mol. The third-order valence-corrected chi connectivity index (χ3v) is 7.49. The number of amides is 4. The second-order valence-electron chi connectivity index (χ2n) is 10.4. The molecule has 39 heavy (non-hydrogen) atoms. The van der Waals surface area contributed by atoms with Crippen LogP contribution in [0.4, 0.5) is 0 Å². The number of nitrogens with one attached hydrogen (secondary N) is 1. The largest absolute Gasteiger partial charge is 0.457 e.